The van der Waals surface area contributed by atoms with Crippen molar-refractivity contribution in [1.82, 2.24) is 0 Å². The Balaban J connectivity index is 5.00. The van der Waals surface area contributed by atoms with Gasteiger partial charge in [0.25, 0.3) is 0 Å². The molecule has 16 heavy (non-hydrogen) atoms. The smallest absolute Gasteiger partial charge is 0.152 e. The minimum atomic E-state index is -3.19. The van der Waals surface area contributed by atoms with Crippen LogP contribution in [0.4, 0.5) is 0 Å². The monoisotopic (exact) mass is 270 g/mol. The van der Waals surface area contributed by atoms with Gasteiger partial charge in [-0.15, -0.1) is 0 Å². The van der Waals surface area contributed by atoms with Gasteiger partial charge in [0.15, 0.2) is 9.84 Å². The highest BCUT2D eigenvalue weighted by molar-refractivity contribution is 7.92. The summed E-state index contributed by atoms with van der Waals surface area (Å²) in [6.07, 6.45) is 2.68. The van der Waals surface area contributed by atoms with Crippen LogP contribution in [-0.4, -0.2) is 39.8 Å². The second-order valence-corrected chi connectivity index (χ2v) is 10.7. The Bertz CT molecular complexity index is 441. The summed E-state index contributed by atoms with van der Waals surface area (Å²) in [6.45, 7) is 6.82. The highest BCUT2D eigenvalue weighted by Crippen LogP contribution is 2.33. The third-order valence-electron chi connectivity index (χ3n) is 2.56. The van der Waals surface area contributed by atoms with E-state index in [9.17, 15) is 16.8 Å². The van der Waals surface area contributed by atoms with Gasteiger partial charge in [-0.2, -0.15) is 0 Å². The fourth-order valence-electron chi connectivity index (χ4n) is 2.04. The van der Waals surface area contributed by atoms with E-state index in [4.69, 9.17) is 0 Å². The summed E-state index contributed by atoms with van der Waals surface area (Å²) >= 11 is 0. The van der Waals surface area contributed by atoms with Crippen molar-refractivity contribution >= 4 is 19.7 Å². The standard InChI is InChI=1S/C10H22O4S2/c1-9(2,8-15(5,11)12)7-10(3,4)16(6,13)14/h7-8H2,1-6H3. The van der Waals surface area contributed by atoms with Crippen molar-refractivity contribution in [3.63, 3.8) is 0 Å². The summed E-state index contributed by atoms with van der Waals surface area (Å²) in [4.78, 5) is 0. The summed E-state index contributed by atoms with van der Waals surface area (Å²) in [5.41, 5.74) is -0.542. The summed E-state index contributed by atoms with van der Waals surface area (Å²) in [7, 11) is -6.28. The Morgan fingerprint density at radius 1 is 0.875 bits per heavy atom. The molecule has 98 valence electrons. The quantitative estimate of drug-likeness (QED) is 0.754. The minimum absolute atomic E-state index is 0.00104. The maximum absolute atomic E-state index is 11.5. The number of rotatable bonds is 5. The molecule has 4 nitrogen and oxygen atoms in total. The average molecular weight is 270 g/mol. The van der Waals surface area contributed by atoms with Crippen molar-refractivity contribution in [3.05, 3.63) is 0 Å². The van der Waals surface area contributed by atoms with Gasteiger partial charge in [-0.25, -0.2) is 16.8 Å². The molecule has 0 saturated carbocycles. The molecule has 0 aromatic heterocycles. The van der Waals surface area contributed by atoms with E-state index in [1.807, 2.05) is 0 Å². The molecule has 0 saturated heterocycles. The molecule has 0 rings (SSSR count). The lowest BCUT2D eigenvalue weighted by atomic mass is 9.85. The van der Waals surface area contributed by atoms with Crippen LogP contribution in [0.1, 0.15) is 34.1 Å². The van der Waals surface area contributed by atoms with Crippen molar-refractivity contribution in [2.75, 3.05) is 18.3 Å². The molecular formula is C10H22O4S2. The van der Waals surface area contributed by atoms with Gasteiger partial charge in [0, 0.05) is 12.5 Å². The molecule has 0 heterocycles. The van der Waals surface area contributed by atoms with Gasteiger partial charge >= 0.3 is 0 Å². The van der Waals surface area contributed by atoms with Crippen LogP contribution in [0.5, 0.6) is 0 Å². The predicted octanol–water partition coefficient (Wildman–Crippen LogP) is 1.27. The predicted molar refractivity (Wildman–Crippen MR) is 67.0 cm³/mol. The van der Waals surface area contributed by atoms with E-state index in [0.717, 1.165) is 0 Å². The molecule has 0 radical (unpaired) electrons. The van der Waals surface area contributed by atoms with Gasteiger partial charge in [0.1, 0.15) is 9.84 Å². The Kier molecular flexibility index (Phi) is 4.26. The van der Waals surface area contributed by atoms with Crippen molar-refractivity contribution in [3.8, 4) is 0 Å². The van der Waals surface area contributed by atoms with Gasteiger partial charge in [0.2, 0.25) is 0 Å². The zero-order chi connectivity index (χ0) is 13.4. The van der Waals surface area contributed by atoms with Gasteiger partial charge in [-0.1, -0.05) is 13.8 Å². The second-order valence-electron chi connectivity index (χ2n) is 5.94. The summed E-state index contributed by atoms with van der Waals surface area (Å²) in [5.74, 6) is -0.00104. The lowest BCUT2D eigenvalue weighted by molar-refractivity contribution is 0.331. The van der Waals surface area contributed by atoms with Crippen molar-refractivity contribution in [2.45, 2.75) is 38.9 Å². The maximum atomic E-state index is 11.5. The number of hydrogen-bond donors (Lipinski definition) is 0. The molecule has 6 heteroatoms. The lowest BCUT2D eigenvalue weighted by Crippen LogP contribution is -2.38. The molecule has 0 aliphatic rings. The highest BCUT2D eigenvalue weighted by atomic mass is 32.2. The van der Waals surface area contributed by atoms with Gasteiger partial charge in [0.05, 0.1) is 10.5 Å². The molecule has 0 fully saturated rings. The first-order valence-electron chi connectivity index (χ1n) is 5.04. The minimum Gasteiger partial charge on any atom is -0.229 e. The third kappa shape index (κ3) is 5.30. The molecule has 0 aromatic rings. The second kappa shape index (κ2) is 4.29. The Hall–Kier alpha value is -0.100. The zero-order valence-corrected chi connectivity index (χ0v) is 12.5. The summed E-state index contributed by atoms with van der Waals surface area (Å²) < 4.78 is 44.7. The fraction of sp³-hybridized carbons (Fsp3) is 1.00. The molecule has 0 amide bonds. The van der Waals surface area contributed by atoms with E-state index in [-0.39, 0.29) is 5.75 Å². The van der Waals surface area contributed by atoms with Gasteiger partial charge < -0.3 is 0 Å². The lowest BCUT2D eigenvalue weighted by Gasteiger charge is -2.33. The Labute approximate surface area is 99.3 Å². The highest BCUT2D eigenvalue weighted by Gasteiger charge is 2.37. The number of sulfone groups is 2. The van der Waals surface area contributed by atoms with Crippen LogP contribution < -0.4 is 0 Å². The number of hydrogen-bond acceptors (Lipinski definition) is 4. The zero-order valence-electron chi connectivity index (χ0n) is 10.9. The van der Waals surface area contributed by atoms with Crippen molar-refractivity contribution in [1.29, 1.82) is 0 Å². The first-order valence-corrected chi connectivity index (χ1v) is 8.99. The topological polar surface area (TPSA) is 68.3 Å². The van der Waals surface area contributed by atoms with Crippen LogP contribution in [-0.2, 0) is 19.7 Å². The largest absolute Gasteiger partial charge is 0.229 e. The van der Waals surface area contributed by atoms with E-state index < -0.39 is 29.8 Å². The van der Waals surface area contributed by atoms with Gasteiger partial charge in [-0.05, 0) is 25.7 Å². The van der Waals surface area contributed by atoms with Crippen LogP contribution in [0.25, 0.3) is 0 Å². The van der Waals surface area contributed by atoms with Crippen LogP contribution in [0.15, 0.2) is 0 Å². The first kappa shape index (κ1) is 15.9. The molecule has 0 aromatic carbocycles. The van der Waals surface area contributed by atoms with Crippen molar-refractivity contribution in [2.24, 2.45) is 5.41 Å². The van der Waals surface area contributed by atoms with Crippen molar-refractivity contribution < 1.29 is 16.8 Å². The Morgan fingerprint density at radius 2 is 1.25 bits per heavy atom. The molecule has 0 N–H and O–H groups in total. The van der Waals surface area contributed by atoms with Crippen LogP contribution in [0.3, 0.4) is 0 Å². The molecular weight excluding hydrogens is 248 g/mol. The van der Waals surface area contributed by atoms with Crippen LogP contribution in [0, 0.1) is 5.41 Å². The molecule has 0 atom stereocenters. The summed E-state index contributed by atoms with van der Waals surface area (Å²) in [6, 6.07) is 0. The Morgan fingerprint density at radius 3 is 1.50 bits per heavy atom. The SMILES string of the molecule is CC(C)(CC(C)(C)S(C)(=O)=O)CS(C)(=O)=O. The molecule has 0 spiro atoms. The summed E-state index contributed by atoms with van der Waals surface area (Å²) in [5, 5.41) is 0. The fourth-order valence-corrected chi connectivity index (χ4v) is 4.22. The third-order valence-corrected chi connectivity index (χ3v) is 6.02. The molecule has 0 bridgehead atoms. The van der Waals surface area contributed by atoms with E-state index in [1.54, 1.807) is 27.7 Å². The van der Waals surface area contributed by atoms with E-state index in [1.165, 1.54) is 12.5 Å². The molecule has 0 aliphatic heterocycles. The van der Waals surface area contributed by atoms with Crippen LogP contribution in [0.2, 0.25) is 0 Å². The van der Waals surface area contributed by atoms with E-state index >= 15 is 0 Å². The molecule has 0 unspecified atom stereocenters. The van der Waals surface area contributed by atoms with E-state index in [2.05, 4.69) is 0 Å². The van der Waals surface area contributed by atoms with Gasteiger partial charge in [-0.3, -0.25) is 0 Å². The normalized spacial score (nSPS) is 15.1. The average Bonchev–Trinajstić information content (AvgIpc) is 1.72. The maximum Gasteiger partial charge on any atom is 0.152 e. The first-order chi connectivity index (χ1) is 6.66. The van der Waals surface area contributed by atoms with E-state index in [0.29, 0.717) is 6.42 Å². The van der Waals surface area contributed by atoms with Crippen LogP contribution >= 0.6 is 0 Å². The molecule has 0 aliphatic carbocycles.